The highest BCUT2D eigenvalue weighted by atomic mass is 14.9. The molecule has 0 aliphatic heterocycles. The standard InChI is InChI=1S/C12H19N3/c1-9-3-2-6-14-12(9)8-15-11-5-4-10(13)7-11/h2-3,6,10-11,15H,4-5,7-8,13H2,1H3. The van der Waals surface area contributed by atoms with Crippen molar-refractivity contribution in [2.24, 2.45) is 5.73 Å². The maximum absolute atomic E-state index is 5.87. The molecule has 15 heavy (non-hydrogen) atoms. The smallest absolute Gasteiger partial charge is 0.0570 e. The van der Waals surface area contributed by atoms with Crippen molar-refractivity contribution >= 4 is 0 Å². The van der Waals surface area contributed by atoms with Gasteiger partial charge in [-0.1, -0.05) is 6.07 Å². The molecule has 0 bridgehead atoms. The van der Waals surface area contributed by atoms with Crippen LogP contribution in [0.25, 0.3) is 0 Å². The van der Waals surface area contributed by atoms with Crippen molar-refractivity contribution in [3.63, 3.8) is 0 Å². The van der Waals surface area contributed by atoms with Crippen LogP contribution in [0, 0.1) is 6.92 Å². The number of hydrogen-bond acceptors (Lipinski definition) is 3. The van der Waals surface area contributed by atoms with E-state index < -0.39 is 0 Å². The first-order valence-electron chi connectivity index (χ1n) is 5.65. The summed E-state index contributed by atoms with van der Waals surface area (Å²) in [5.74, 6) is 0. The van der Waals surface area contributed by atoms with Crippen molar-refractivity contribution in [3.8, 4) is 0 Å². The zero-order valence-corrected chi connectivity index (χ0v) is 9.24. The molecule has 0 radical (unpaired) electrons. The normalized spacial score (nSPS) is 25.7. The summed E-state index contributed by atoms with van der Waals surface area (Å²) in [5.41, 5.74) is 8.28. The maximum Gasteiger partial charge on any atom is 0.0570 e. The highest BCUT2D eigenvalue weighted by molar-refractivity contribution is 5.17. The van der Waals surface area contributed by atoms with Gasteiger partial charge in [-0.25, -0.2) is 0 Å². The predicted molar refractivity (Wildman–Crippen MR) is 61.4 cm³/mol. The maximum atomic E-state index is 5.87. The van der Waals surface area contributed by atoms with Crippen LogP contribution in [-0.4, -0.2) is 17.1 Å². The molecule has 0 amide bonds. The lowest BCUT2D eigenvalue weighted by atomic mass is 10.2. The summed E-state index contributed by atoms with van der Waals surface area (Å²) in [5, 5.41) is 3.53. The zero-order chi connectivity index (χ0) is 10.7. The number of nitrogens with two attached hydrogens (primary N) is 1. The summed E-state index contributed by atoms with van der Waals surface area (Å²) in [6, 6.07) is 5.06. The first-order valence-corrected chi connectivity index (χ1v) is 5.65. The second-order valence-electron chi connectivity index (χ2n) is 4.42. The summed E-state index contributed by atoms with van der Waals surface area (Å²) in [4.78, 5) is 4.36. The number of pyridine rings is 1. The van der Waals surface area contributed by atoms with Gasteiger partial charge in [-0.15, -0.1) is 0 Å². The van der Waals surface area contributed by atoms with E-state index >= 15 is 0 Å². The number of rotatable bonds is 3. The second kappa shape index (κ2) is 4.73. The van der Waals surface area contributed by atoms with Gasteiger partial charge in [-0.3, -0.25) is 4.98 Å². The van der Waals surface area contributed by atoms with E-state index in [1.54, 1.807) is 0 Å². The molecule has 1 fully saturated rings. The van der Waals surface area contributed by atoms with Crippen LogP contribution in [0.5, 0.6) is 0 Å². The molecule has 2 rings (SSSR count). The quantitative estimate of drug-likeness (QED) is 0.783. The zero-order valence-electron chi connectivity index (χ0n) is 9.24. The Kier molecular flexibility index (Phi) is 3.34. The fourth-order valence-corrected chi connectivity index (χ4v) is 2.15. The fraction of sp³-hybridized carbons (Fsp3) is 0.583. The Labute approximate surface area is 91.1 Å². The Morgan fingerprint density at radius 2 is 2.40 bits per heavy atom. The molecule has 3 N–H and O–H groups in total. The lowest BCUT2D eigenvalue weighted by molar-refractivity contribution is 0.511. The molecule has 0 aromatic carbocycles. The number of aromatic nitrogens is 1. The monoisotopic (exact) mass is 205 g/mol. The van der Waals surface area contributed by atoms with Gasteiger partial charge in [0.2, 0.25) is 0 Å². The molecule has 1 saturated carbocycles. The van der Waals surface area contributed by atoms with Crippen LogP contribution in [0.1, 0.15) is 30.5 Å². The Bertz CT molecular complexity index is 324. The SMILES string of the molecule is Cc1cccnc1CNC1CCC(N)C1. The topological polar surface area (TPSA) is 50.9 Å². The average Bonchev–Trinajstić information content (AvgIpc) is 2.63. The number of nitrogens with zero attached hydrogens (tertiary/aromatic N) is 1. The van der Waals surface area contributed by atoms with E-state index in [9.17, 15) is 0 Å². The summed E-state index contributed by atoms with van der Waals surface area (Å²) in [7, 11) is 0. The van der Waals surface area contributed by atoms with Crippen LogP contribution in [0.3, 0.4) is 0 Å². The van der Waals surface area contributed by atoms with E-state index in [0.29, 0.717) is 12.1 Å². The highest BCUT2D eigenvalue weighted by Gasteiger charge is 2.20. The number of aryl methyl sites for hydroxylation is 1. The Morgan fingerprint density at radius 3 is 3.07 bits per heavy atom. The van der Waals surface area contributed by atoms with Gasteiger partial charge in [-0.2, -0.15) is 0 Å². The third-order valence-electron chi connectivity index (χ3n) is 3.15. The number of hydrogen-bond donors (Lipinski definition) is 2. The minimum absolute atomic E-state index is 0.396. The van der Waals surface area contributed by atoms with Crippen LogP contribution in [0.15, 0.2) is 18.3 Å². The van der Waals surface area contributed by atoms with E-state index in [4.69, 9.17) is 5.73 Å². The molecule has 82 valence electrons. The Morgan fingerprint density at radius 1 is 1.53 bits per heavy atom. The van der Waals surface area contributed by atoms with Gasteiger partial charge in [0, 0.05) is 24.8 Å². The van der Waals surface area contributed by atoms with Crippen molar-refractivity contribution in [2.45, 2.75) is 44.8 Å². The molecule has 3 heteroatoms. The minimum Gasteiger partial charge on any atom is -0.328 e. The van der Waals surface area contributed by atoms with Gasteiger partial charge in [0.25, 0.3) is 0 Å². The molecule has 1 aromatic heterocycles. The van der Waals surface area contributed by atoms with Crippen molar-refractivity contribution in [1.29, 1.82) is 0 Å². The summed E-state index contributed by atoms with van der Waals surface area (Å²) >= 11 is 0. The van der Waals surface area contributed by atoms with Gasteiger partial charge in [0.05, 0.1) is 5.69 Å². The molecule has 0 saturated heterocycles. The van der Waals surface area contributed by atoms with Gasteiger partial charge < -0.3 is 11.1 Å². The molecule has 3 nitrogen and oxygen atoms in total. The average molecular weight is 205 g/mol. The van der Waals surface area contributed by atoms with Crippen molar-refractivity contribution < 1.29 is 0 Å². The molecule has 0 spiro atoms. The number of nitrogens with one attached hydrogen (secondary N) is 1. The van der Waals surface area contributed by atoms with Crippen LogP contribution in [-0.2, 0) is 6.54 Å². The Balaban J connectivity index is 1.86. The van der Waals surface area contributed by atoms with Crippen LogP contribution in [0.4, 0.5) is 0 Å². The van der Waals surface area contributed by atoms with Crippen LogP contribution >= 0.6 is 0 Å². The first-order chi connectivity index (χ1) is 7.25. The van der Waals surface area contributed by atoms with E-state index in [2.05, 4.69) is 23.3 Å². The lowest BCUT2D eigenvalue weighted by Crippen LogP contribution is -2.28. The molecule has 1 aliphatic rings. The van der Waals surface area contributed by atoms with Gasteiger partial charge >= 0.3 is 0 Å². The predicted octanol–water partition coefficient (Wildman–Crippen LogP) is 1.36. The fourth-order valence-electron chi connectivity index (χ4n) is 2.15. The van der Waals surface area contributed by atoms with Crippen molar-refractivity contribution in [1.82, 2.24) is 10.3 Å². The molecule has 2 unspecified atom stereocenters. The second-order valence-corrected chi connectivity index (χ2v) is 4.42. The summed E-state index contributed by atoms with van der Waals surface area (Å²) in [6.07, 6.45) is 5.31. The lowest BCUT2D eigenvalue weighted by Gasteiger charge is -2.12. The van der Waals surface area contributed by atoms with Crippen LogP contribution in [0.2, 0.25) is 0 Å². The van der Waals surface area contributed by atoms with Gasteiger partial charge in [-0.05, 0) is 37.8 Å². The minimum atomic E-state index is 0.396. The van der Waals surface area contributed by atoms with E-state index in [1.165, 1.54) is 12.0 Å². The third-order valence-corrected chi connectivity index (χ3v) is 3.15. The highest BCUT2D eigenvalue weighted by Crippen LogP contribution is 2.17. The van der Waals surface area contributed by atoms with Crippen LogP contribution < -0.4 is 11.1 Å². The first kappa shape index (κ1) is 10.6. The van der Waals surface area contributed by atoms with Crippen molar-refractivity contribution in [3.05, 3.63) is 29.6 Å². The molecule has 1 aliphatic carbocycles. The van der Waals surface area contributed by atoms with Gasteiger partial charge in [0.15, 0.2) is 0 Å². The molecule has 1 aromatic rings. The third kappa shape index (κ3) is 2.76. The largest absolute Gasteiger partial charge is 0.328 e. The van der Waals surface area contributed by atoms with E-state index in [1.807, 2.05) is 12.3 Å². The molecular formula is C12H19N3. The summed E-state index contributed by atoms with van der Waals surface area (Å²) < 4.78 is 0. The molecule has 1 heterocycles. The Hall–Kier alpha value is -0.930. The summed E-state index contributed by atoms with van der Waals surface area (Å²) in [6.45, 7) is 2.97. The van der Waals surface area contributed by atoms with Gasteiger partial charge in [0.1, 0.15) is 0 Å². The van der Waals surface area contributed by atoms with E-state index in [0.717, 1.165) is 25.1 Å². The van der Waals surface area contributed by atoms with E-state index in [-0.39, 0.29) is 0 Å². The van der Waals surface area contributed by atoms with Crippen molar-refractivity contribution in [2.75, 3.05) is 0 Å². The molecule has 2 atom stereocenters. The molecular weight excluding hydrogens is 186 g/mol.